The SMILES string of the molecule is Cc1nc(-c2ccc3nc(N)sc3c2)cs1. The quantitative estimate of drug-likeness (QED) is 0.717. The van der Waals surface area contributed by atoms with E-state index in [1.165, 1.54) is 11.3 Å². The Morgan fingerprint density at radius 1 is 1.25 bits per heavy atom. The van der Waals surface area contributed by atoms with Crippen LogP contribution in [0.4, 0.5) is 5.13 Å². The van der Waals surface area contributed by atoms with Gasteiger partial charge in [-0.25, -0.2) is 9.97 Å². The second kappa shape index (κ2) is 3.54. The van der Waals surface area contributed by atoms with Gasteiger partial charge in [0.15, 0.2) is 5.13 Å². The van der Waals surface area contributed by atoms with Crippen molar-refractivity contribution >= 4 is 38.0 Å². The van der Waals surface area contributed by atoms with Crippen LogP contribution in [0.15, 0.2) is 23.6 Å². The van der Waals surface area contributed by atoms with Crippen LogP contribution in [0.25, 0.3) is 21.5 Å². The number of benzene rings is 1. The number of aromatic nitrogens is 2. The average molecular weight is 247 g/mol. The molecular formula is C11H9N3S2. The van der Waals surface area contributed by atoms with E-state index in [9.17, 15) is 0 Å². The van der Waals surface area contributed by atoms with Crippen LogP contribution in [0.2, 0.25) is 0 Å². The maximum Gasteiger partial charge on any atom is 0.181 e. The first-order chi connectivity index (χ1) is 7.72. The Balaban J connectivity index is 2.17. The summed E-state index contributed by atoms with van der Waals surface area (Å²) in [6.45, 7) is 2.01. The zero-order valence-electron chi connectivity index (χ0n) is 8.60. The van der Waals surface area contributed by atoms with Crippen molar-refractivity contribution in [3.8, 4) is 11.3 Å². The highest BCUT2D eigenvalue weighted by atomic mass is 32.1. The number of anilines is 1. The van der Waals surface area contributed by atoms with Crippen molar-refractivity contribution in [3.05, 3.63) is 28.6 Å². The lowest BCUT2D eigenvalue weighted by Gasteiger charge is -1.95. The van der Waals surface area contributed by atoms with Crippen molar-refractivity contribution < 1.29 is 0 Å². The Labute approximate surface area is 101 Å². The van der Waals surface area contributed by atoms with Gasteiger partial charge in [-0.1, -0.05) is 17.4 Å². The highest BCUT2D eigenvalue weighted by Crippen LogP contribution is 2.29. The summed E-state index contributed by atoms with van der Waals surface area (Å²) in [5.74, 6) is 0. The summed E-state index contributed by atoms with van der Waals surface area (Å²) in [6.07, 6.45) is 0. The van der Waals surface area contributed by atoms with Gasteiger partial charge in [-0.05, 0) is 19.1 Å². The molecule has 5 heteroatoms. The number of nitrogen functional groups attached to an aromatic ring is 1. The maximum atomic E-state index is 5.68. The molecule has 80 valence electrons. The van der Waals surface area contributed by atoms with Crippen molar-refractivity contribution in [2.75, 3.05) is 5.73 Å². The van der Waals surface area contributed by atoms with Crippen LogP contribution in [0.1, 0.15) is 5.01 Å². The molecule has 16 heavy (non-hydrogen) atoms. The highest BCUT2D eigenvalue weighted by molar-refractivity contribution is 7.22. The normalized spacial score (nSPS) is 11.1. The summed E-state index contributed by atoms with van der Waals surface area (Å²) >= 11 is 3.17. The van der Waals surface area contributed by atoms with Gasteiger partial charge in [-0.2, -0.15) is 0 Å². The minimum absolute atomic E-state index is 0.613. The van der Waals surface area contributed by atoms with E-state index in [2.05, 4.69) is 21.4 Å². The van der Waals surface area contributed by atoms with E-state index in [4.69, 9.17) is 5.73 Å². The van der Waals surface area contributed by atoms with Crippen molar-refractivity contribution in [2.45, 2.75) is 6.92 Å². The molecule has 3 nitrogen and oxygen atoms in total. The Bertz CT molecular complexity index is 654. The smallest absolute Gasteiger partial charge is 0.181 e. The lowest BCUT2D eigenvalue weighted by atomic mass is 10.2. The van der Waals surface area contributed by atoms with Gasteiger partial charge in [0, 0.05) is 10.9 Å². The van der Waals surface area contributed by atoms with Gasteiger partial charge >= 0.3 is 0 Å². The Hall–Kier alpha value is -1.46. The largest absolute Gasteiger partial charge is 0.375 e. The Morgan fingerprint density at radius 3 is 2.88 bits per heavy atom. The van der Waals surface area contributed by atoms with Crippen molar-refractivity contribution in [2.24, 2.45) is 0 Å². The molecule has 0 saturated carbocycles. The monoisotopic (exact) mass is 247 g/mol. The predicted octanol–water partition coefficient (Wildman–Crippen LogP) is 3.31. The molecule has 0 atom stereocenters. The van der Waals surface area contributed by atoms with Crippen LogP contribution in [0, 0.1) is 6.92 Å². The van der Waals surface area contributed by atoms with E-state index >= 15 is 0 Å². The molecule has 1 aromatic carbocycles. The van der Waals surface area contributed by atoms with Crippen LogP contribution in [0.5, 0.6) is 0 Å². The summed E-state index contributed by atoms with van der Waals surface area (Å²) in [7, 11) is 0. The van der Waals surface area contributed by atoms with Crippen molar-refractivity contribution in [1.29, 1.82) is 0 Å². The molecule has 0 aliphatic heterocycles. The van der Waals surface area contributed by atoms with Crippen LogP contribution in [-0.4, -0.2) is 9.97 Å². The molecule has 3 aromatic rings. The van der Waals surface area contributed by atoms with E-state index in [1.807, 2.05) is 19.1 Å². The van der Waals surface area contributed by atoms with Crippen LogP contribution < -0.4 is 5.73 Å². The molecule has 2 aromatic heterocycles. The molecule has 2 N–H and O–H groups in total. The molecule has 0 unspecified atom stereocenters. The zero-order valence-corrected chi connectivity index (χ0v) is 10.2. The lowest BCUT2D eigenvalue weighted by Crippen LogP contribution is -1.79. The summed E-state index contributed by atoms with van der Waals surface area (Å²) in [5.41, 5.74) is 8.78. The number of thiazole rings is 2. The molecule has 0 radical (unpaired) electrons. The Kier molecular flexibility index (Phi) is 2.15. The van der Waals surface area contributed by atoms with Gasteiger partial charge in [-0.3, -0.25) is 0 Å². The number of nitrogens with zero attached hydrogens (tertiary/aromatic N) is 2. The fourth-order valence-corrected chi connectivity index (χ4v) is 2.99. The zero-order chi connectivity index (χ0) is 11.1. The first-order valence-corrected chi connectivity index (χ1v) is 6.50. The molecule has 2 heterocycles. The number of nitrogens with two attached hydrogens (primary N) is 1. The number of aryl methyl sites for hydroxylation is 1. The first-order valence-electron chi connectivity index (χ1n) is 4.81. The second-order valence-electron chi connectivity index (χ2n) is 3.49. The third kappa shape index (κ3) is 1.58. The average Bonchev–Trinajstić information content (AvgIpc) is 2.81. The molecule has 0 aliphatic carbocycles. The summed E-state index contributed by atoms with van der Waals surface area (Å²) in [6, 6.07) is 6.13. The van der Waals surface area contributed by atoms with E-state index in [0.717, 1.165) is 26.5 Å². The van der Waals surface area contributed by atoms with E-state index in [1.54, 1.807) is 11.3 Å². The summed E-state index contributed by atoms with van der Waals surface area (Å²) in [5, 5.41) is 3.77. The van der Waals surface area contributed by atoms with Crippen LogP contribution >= 0.6 is 22.7 Å². The van der Waals surface area contributed by atoms with Crippen LogP contribution in [-0.2, 0) is 0 Å². The number of fused-ring (bicyclic) bond motifs is 1. The molecule has 0 spiro atoms. The Morgan fingerprint density at radius 2 is 2.12 bits per heavy atom. The minimum atomic E-state index is 0.613. The molecular weight excluding hydrogens is 238 g/mol. The number of rotatable bonds is 1. The molecule has 3 rings (SSSR count). The fourth-order valence-electron chi connectivity index (χ4n) is 1.60. The van der Waals surface area contributed by atoms with Gasteiger partial charge in [0.05, 0.1) is 20.9 Å². The summed E-state index contributed by atoms with van der Waals surface area (Å²) < 4.78 is 1.11. The van der Waals surface area contributed by atoms with Crippen molar-refractivity contribution in [1.82, 2.24) is 9.97 Å². The van der Waals surface area contributed by atoms with Gasteiger partial charge in [0.25, 0.3) is 0 Å². The molecule has 0 amide bonds. The highest BCUT2D eigenvalue weighted by Gasteiger charge is 2.05. The van der Waals surface area contributed by atoms with Crippen LogP contribution in [0.3, 0.4) is 0 Å². The van der Waals surface area contributed by atoms with Gasteiger partial charge < -0.3 is 5.73 Å². The third-order valence-electron chi connectivity index (χ3n) is 2.32. The third-order valence-corrected chi connectivity index (χ3v) is 3.94. The second-order valence-corrected chi connectivity index (χ2v) is 5.61. The fraction of sp³-hybridized carbons (Fsp3) is 0.0909. The first kappa shape index (κ1) is 9.74. The minimum Gasteiger partial charge on any atom is -0.375 e. The summed E-state index contributed by atoms with van der Waals surface area (Å²) in [4.78, 5) is 8.70. The number of hydrogen-bond acceptors (Lipinski definition) is 5. The number of hydrogen-bond donors (Lipinski definition) is 1. The van der Waals surface area contributed by atoms with Gasteiger partial charge in [0.1, 0.15) is 0 Å². The van der Waals surface area contributed by atoms with E-state index < -0.39 is 0 Å². The van der Waals surface area contributed by atoms with Gasteiger partial charge in [-0.15, -0.1) is 11.3 Å². The van der Waals surface area contributed by atoms with Crippen molar-refractivity contribution in [3.63, 3.8) is 0 Å². The standard InChI is InChI=1S/C11H9N3S2/c1-6-13-9(5-15-6)7-2-3-8-10(4-7)16-11(12)14-8/h2-5H,1H3,(H2,12,14). The molecule has 0 bridgehead atoms. The van der Waals surface area contributed by atoms with Gasteiger partial charge in [0.2, 0.25) is 0 Å². The lowest BCUT2D eigenvalue weighted by molar-refractivity contribution is 1.30. The molecule has 0 fully saturated rings. The maximum absolute atomic E-state index is 5.68. The van der Waals surface area contributed by atoms with E-state index in [0.29, 0.717) is 5.13 Å². The van der Waals surface area contributed by atoms with E-state index in [-0.39, 0.29) is 0 Å². The molecule has 0 saturated heterocycles. The predicted molar refractivity (Wildman–Crippen MR) is 69.9 cm³/mol. The molecule has 0 aliphatic rings. The topological polar surface area (TPSA) is 51.8 Å².